The molecule has 31 heavy (non-hydrogen) atoms. The first-order valence-electron chi connectivity index (χ1n) is 9.93. The number of anilines is 1. The topological polar surface area (TPSA) is 69.0 Å². The van der Waals surface area contributed by atoms with Crippen LogP contribution in [0.4, 0.5) is 10.1 Å². The Morgan fingerprint density at radius 2 is 2.00 bits per heavy atom. The molecule has 0 aliphatic heterocycles. The molecule has 0 fully saturated rings. The summed E-state index contributed by atoms with van der Waals surface area (Å²) in [5.41, 5.74) is 1.00. The number of benzene rings is 2. The lowest BCUT2D eigenvalue weighted by Crippen LogP contribution is -2.23. The predicted molar refractivity (Wildman–Crippen MR) is 122 cm³/mol. The predicted octanol–water partition coefficient (Wildman–Crippen LogP) is 5.67. The molecule has 9 heteroatoms. The molecule has 1 unspecified atom stereocenters. The van der Waals surface area contributed by atoms with E-state index in [0.29, 0.717) is 5.16 Å². The average Bonchev–Trinajstić information content (AvgIpc) is 3.16. The molecular weight excluding hydrogens is 439 g/mol. The number of aromatic nitrogens is 3. The molecule has 1 amide bonds. The lowest BCUT2D eigenvalue weighted by molar-refractivity contribution is -0.115. The van der Waals surface area contributed by atoms with Gasteiger partial charge in [-0.1, -0.05) is 36.7 Å². The van der Waals surface area contributed by atoms with E-state index in [1.807, 2.05) is 28.8 Å². The molecular formula is C22H24ClFN4O2S. The number of ether oxygens (including phenoxy) is 1. The number of rotatable bonds is 9. The summed E-state index contributed by atoms with van der Waals surface area (Å²) in [5, 5.41) is 11.7. The highest BCUT2D eigenvalue weighted by molar-refractivity contribution is 8.00. The number of thioether (sulfide) groups is 1. The van der Waals surface area contributed by atoms with Crippen LogP contribution in [-0.2, 0) is 11.3 Å². The number of amides is 1. The van der Waals surface area contributed by atoms with Crippen LogP contribution < -0.4 is 10.1 Å². The number of halogens is 2. The van der Waals surface area contributed by atoms with Crippen molar-refractivity contribution in [3.8, 4) is 17.1 Å². The molecule has 1 aromatic heterocycles. The minimum atomic E-state index is -0.578. The van der Waals surface area contributed by atoms with Gasteiger partial charge in [-0.05, 0) is 55.8 Å². The second kappa shape index (κ2) is 10.6. The third-order valence-corrected chi connectivity index (χ3v) is 5.96. The molecule has 6 nitrogen and oxygen atoms in total. The molecule has 0 saturated carbocycles. The molecule has 1 heterocycles. The van der Waals surface area contributed by atoms with Crippen molar-refractivity contribution in [2.75, 3.05) is 12.4 Å². The number of carbonyl (C=O) groups is 1. The smallest absolute Gasteiger partial charge is 0.237 e. The van der Waals surface area contributed by atoms with E-state index in [9.17, 15) is 9.18 Å². The first-order valence-corrected chi connectivity index (χ1v) is 11.2. The molecule has 3 rings (SSSR count). The molecule has 0 spiro atoms. The Morgan fingerprint density at radius 3 is 2.65 bits per heavy atom. The van der Waals surface area contributed by atoms with Gasteiger partial charge in [-0.25, -0.2) is 4.39 Å². The first-order chi connectivity index (χ1) is 14.9. The fraction of sp³-hybridized carbons (Fsp3) is 0.318. The summed E-state index contributed by atoms with van der Waals surface area (Å²) in [7, 11) is 1.62. The van der Waals surface area contributed by atoms with Crippen LogP contribution in [0.1, 0.15) is 26.7 Å². The number of hydrogen-bond acceptors (Lipinski definition) is 5. The number of nitrogens with zero attached hydrogens (tertiary/aromatic N) is 3. The number of nitrogens with one attached hydrogen (secondary N) is 1. The van der Waals surface area contributed by atoms with Gasteiger partial charge in [0, 0.05) is 17.1 Å². The SMILES string of the molecule is CCCCn1c(SC(C)C(=O)Nc2ccc(Cl)cc2F)nnc1-c1ccc(OC)cc1. The standard InChI is InChI=1S/C22H24ClFN4O2S/c1-4-5-12-28-20(15-6-9-17(30-3)10-7-15)26-27-22(28)31-14(2)21(29)25-19-11-8-16(23)13-18(19)24/h6-11,13-14H,4-5,12H2,1-3H3,(H,25,29). The van der Waals surface area contributed by atoms with Crippen LogP contribution in [-0.4, -0.2) is 33.0 Å². The maximum atomic E-state index is 14.0. The third kappa shape index (κ3) is 5.77. The highest BCUT2D eigenvalue weighted by Gasteiger charge is 2.21. The van der Waals surface area contributed by atoms with Crippen molar-refractivity contribution < 1.29 is 13.9 Å². The van der Waals surface area contributed by atoms with Gasteiger partial charge in [-0.2, -0.15) is 0 Å². The summed E-state index contributed by atoms with van der Waals surface area (Å²) in [5.74, 6) is 0.584. The van der Waals surface area contributed by atoms with Crippen molar-refractivity contribution in [2.45, 2.75) is 43.6 Å². The summed E-state index contributed by atoms with van der Waals surface area (Å²) in [6.45, 7) is 4.59. The van der Waals surface area contributed by atoms with Crippen molar-refractivity contribution in [3.05, 3.63) is 53.3 Å². The molecule has 0 radical (unpaired) electrons. The van der Waals surface area contributed by atoms with Gasteiger partial charge in [-0.3, -0.25) is 4.79 Å². The largest absolute Gasteiger partial charge is 0.497 e. The highest BCUT2D eigenvalue weighted by Crippen LogP contribution is 2.29. The fourth-order valence-electron chi connectivity index (χ4n) is 2.88. The van der Waals surface area contributed by atoms with Crippen LogP contribution in [0.25, 0.3) is 11.4 Å². The number of methoxy groups -OCH3 is 1. The Labute approximate surface area is 190 Å². The summed E-state index contributed by atoms with van der Waals surface area (Å²) in [6.07, 6.45) is 1.96. The molecule has 0 bridgehead atoms. The molecule has 1 N–H and O–H groups in total. The molecule has 0 aliphatic rings. The van der Waals surface area contributed by atoms with E-state index in [1.165, 1.54) is 23.9 Å². The zero-order valence-electron chi connectivity index (χ0n) is 17.6. The van der Waals surface area contributed by atoms with E-state index in [2.05, 4.69) is 22.4 Å². The normalized spacial score (nSPS) is 11.9. The van der Waals surface area contributed by atoms with Crippen LogP contribution in [0.3, 0.4) is 0 Å². The van der Waals surface area contributed by atoms with Crippen molar-refractivity contribution >= 4 is 35.0 Å². The van der Waals surface area contributed by atoms with E-state index in [-0.39, 0.29) is 16.6 Å². The minimum absolute atomic E-state index is 0.0909. The zero-order chi connectivity index (χ0) is 22.4. The van der Waals surface area contributed by atoms with E-state index < -0.39 is 11.1 Å². The van der Waals surface area contributed by atoms with Gasteiger partial charge in [0.15, 0.2) is 11.0 Å². The number of unbranched alkanes of at least 4 members (excludes halogenated alkanes) is 1. The van der Waals surface area contributed by atoms with Gasteiger partial charge in [0.05, 0.1) is 18.0 Å². The fourth-order valence-corrected chi connectivity index (χ4v) is 3.92. The number of carbonyl (C=O) groups excluding carboxylic acids is 1. The van der Waals surface area contributed by atoms with Crippen molar-refractivity contribution in [2.24, 2.45) is 0 Å². The Balaban J connectivity index is 1.79. The Morgan fingerprint density at radius 1 is 1.26 bits per heavy atom. The van der Waals surface area contributed by atoms with Crippen LogP contribution in [0.15, 0.2) is 47.6 Å². The lowest BCUT2D eigenvalue weighted by atomic mass is 10.2. The minimum Gasteiger partial charge on any atom is -0.497 e. The van der Waals surface area contributed by atoms with E-state index in [4.69, 9.17) is 16.3 Å². The molecule has 0 saturated heterocycles. The van der Waals surface area contributed by atoms with Gasteiger partial charge in [0.25, 0.3) is 0 Å². The van der Waals surface area contributed by atoms with Crippen LogP contribution in [0.2, 0.25) is 5.02 Å². The summed E-state index contributed by atoms with van der Waals surface area (Å²) >= 11 is 7.05. The zero-order valence-corrected chi connectivity index (χ0v) is 19.1. The maximum absolute atomic E-state index is 14.0. The van der Waals surface area contributed by atoms with Crippen molar-refractivity contribution in [3.63, 3.8) is 0 Å². The van der Waals surface area contributed by atoms with Gasteiger partial charge < -0.3 is 14.6 Å². The van der Waals surface area contributed by atoms with Gasteiger partial charge in [-0.15, -0.1) is 10.2 Å². The van der Waals surface area contributed by atoms with E-state index in [0.717, 1.165) is 42.6 Å². The maximum Gasteiger partial charge on any atom is 0.237 e. The molecule has 0 aliphatic carbocycles. The summed E-state index contributed by atoms with van der Waals surface area (Å²) in [4.78, 5) is 12.6. The highest BCUT2D eigenvalue weighted by atomic mass is 35.5. The Hall–Kier alpha value is -2.58. The Bertz CT molecular complexity index is 1040. The lowest BCUT2D eigenvalue weighted by Gasteiger charge is -2.14. The van der Waals surface area contributed by atoms with Crippen molar-refractivity contribution in [1.29, 1.82) is 0 Å². The molecule has 1 atom stereocenters. The van der Waals surface area contributed by atoms with E-state index in [1.54, 1.807) is 14.0 Å². The second-order valence-corrected chi connectivity index (χ2v) is 8.66. The van der Waals surface area contributed by atoms with Gasteiger partial charge in [0.2, 0.25) is 5.91 Å². The summed E-state index contributed by atoms with van der Waals surface area (Å²) in [6, 6.07) is 11.7. The van der Waals surface area contributed by atoms with E-state index >= 15 is 0 Å². The first kappa shape index (κ1) is 23.1. The van der Waals surface area contributed by atoms with Gasteiger partial charge in [0.1, 0.15) is 11.6 Å². The quantitative estimate of drug-likeness (QED) is 0.415. The average molecular weight is 463 g/mol. The third-order valence-electron chi connectivity index (χ3n) is 4.64. The monoisotopic (exact) mass is 462 g/mol. The van der Waals surface area contributed by atoms with Crippen LogP contribution in [0.5, 0.6) is 5.75 Å². The number of hydrogen-bond donors (Lipinski definition) is 1. The molecule has 164 valence electrons. The summed E-state index contributed by atoms with van der Waals surface area (Å²) < 4.78 is 21.2. The van der Waals surface area contributed by atoms with Crippen molar-refractivity contribution in [1.82, 2.24) is 14.8 Å². The molecule has 3 aromatic rings. The van der Waals surface area contributed by atoms with Gasteiger partial charge >= 0.3 is 0 Å². The van der Waals surface area contributed by atoms with Crippen LogP contribution >= 0.6 is 23.4 Å². The molecule has 2 aromatic carbocycles. The second-order valence-electron chi connectivity index (χ2n) is 6.91. The van der Waals surface area contributed by atoms with Crippen LogP contribution in [0, 0.1) is 5.82 Å². The Kier molecular flexibility index (Phi) is 7.92.